The average Bonchev–Trinajstić information content (AvgIpc) is 3.51. The molecular formula is C38H32N4O3. The van der Waals surface area contributed by atoms with Crippen LogP contribution in [0, 0.1) is 0 Å². The summed E-state index contributed by atoms with van der Waals surface area (Å²) in [6.45, 7) is 2.06. The van der Waals surface area contributed by atoms with Crippen LogP contribution in [0.15, 0.2) is 121 Å². The van der Waals surface area contributed by atoms with E-state index in [-0.39, 0.29) is 6.61 Å². The quantitative estimate of drug-likeness (QED) is 0.138. The zero-order valence-corrected chi connectivity index (χ0v) is 25.2. The fraction of sp³-hybridized carbons (Fsp3) is 0.158. The number of ether oxygens (including phenoxy) is 2. The van der Waals surface area contributed by atoms with Gasteiger partial charge in [-0.3, -0.25) is 0 Å². The molecule has 45 heavy (non-hydrogen) atoms. The van der Waals surface area contributed by atoms with Gasteiger partial charge in [0, 0.05) is 17.3 Å². The van der Waals surface area contributed by atoms with E-state index in [1.54, 1.807) is 7.11 Å². The fourth-order valence-electron chi connectivity index (χ4n) is 6.38. The molecule has 1 aliphatic carbocycles. The van der Waals surface area contributed by atoms with Gasteiger partial charge >= 0.3 is 5.97 Å². The molecular weight excluding hydrogens is 560 g/mol. The largest absolute Gasteiger partial charge is 0.497 e. The maximum atomic E-state index is 13.6. The number of aromatic nitrogens is 4. The van der Waals surface area contributed by atoms with Crippen molar-refractivity contribution in [3.8, 4) is 28.5 Å². The molecule has 2 aromatic heterocycles. The van der Waals surface area contributed by atoms with Gasteiger partial charge in [0.25, 0.3) is 0 Å². The Morgan fingerprint density at radius 1 is 0.800 bits per heavy atom. The third-order valence-corrected chi connectivity index (χ3v) is 8.43. The van der Waals surface area contributed by atoms with Crippen LogP contribution in [0.5, 0.6) is 5.75 Å². The van der Waals surface area contributed by atoms with E-state index in [2.05, 4.69) is 36.4 Å². The first kappa shape index (κ1) is 28.2. The summed E-state index contributed by atoms with van der Waals surface area (Å²) in [5.74, 6) is 0.900. The molecule has 0 spiro atoms. The third kappa shape index (κ3) is 4.77. The van der Waals surface area contributed by atoms with E-state index in [1.165, 1.54) is 0 Å². The van der Waals surface area contributed by atoms with Crippen molar-refractivity contribution in [1.82, 2.24) is 19.7 Å². The van der Waals surface area contributed by atoms with E-state index in [9.17, 15) is 4.79 Å². The minimum Gasteiger partial charge on any atom is -0.497 e. The summed E-state index contributed by atoms with van der Waals surface area (Å²) >= 11 is 0. The van der Waals surface area contributed by atoms with Crippen LogP contribution in [0.25, 0.3) is 22.8 Å². The Balaban J connectivity index is 1.58. The maximum Gasteiger partial charge on any atom is 0.359 e. The highest BCUT2D eigenvalue weighted by Gasteiger charge is 2.44. The lowest BCUT2D eigenvalue weighted by atomic mass is 9.76. The minimum absolute atomic E-state index is 0.252. The van der Waals surface area contributed by atoms with E-state index >= 15 is 0 Å². The van der Waals surface area contributed by atoms with E-state index in [1.807, 2.05) is 96.7 Å². The van der Waals surface area contributed by atoms with E-state index < -0.39 is 11.5 Å². The Hall–Kier alpha value is -5.56. The molecule has 7 nitrogen and oxygen atoms in total. The van der Waals surface area contributed by atoms with Gasteiger partial charge in [-0.15, -0.1) is 0 Å². The summed E-state index contributed by atoms with van der Waals surface area (Å²) < 4.78 is 13.0. The first-order valence-corrected chi connectivity index (χ1v) is 15.1. The molecule has 222 valence electrons. The van der Waals surface area contributed by atoms with Crippen LogP contribution >= 0.6 is 0 Å². The van der Waals surface area contributed by atoms with Crippen molar-refractivity contribution >= 4 is 5.97 Å². The number of aryl methyl sites for hydroxylation is 1. The molecule has 0 unspecified atom stereocenters. The van der Waals surface area contributed by atoms with Crippen molar-refractivity contribution in [2.24, 2.45) is 0 Å². The van der Waals surface area contributed by atoms with Gasteiger partial charge in [-0.2, -0.15) is 5.10 Å². The standard InChI is InChI=1S/C38H32N4O3/c1-3-45-37(43)34-32-24-21-27-25-39-36(26-19-22-31(44-2)23-20-26)40-33(27)35(32)42(41-34)38(28-13-7-4-8-14-28,29-15-9-5-10-16-29)30-17-11-6-12-18-30/h4-20,22-23,25H,3,21,24H2,1-2H3. The summed E-state index contributed by atoms with van der Waals surface area (Å²) in [5, 5.41) is 5.20. The van der Waals surface area contributed by atoms with Gasteiger partial charge in [0.15, 0.2) is 11.5 Å². The molecule has 0 atom stereocenters. The van der Waals surface area contributed by atoms with Crippen LogP contribution in [0.3, 0.4) is 0 Å². The Kier molecular flexibility index (Phi) is 7.43. The first-order chi connectivity index (χ1) is 22.1. The first-order valence-electron chi connectivity index (χ1n) is 15.1. The van der Waals surface area contributed by atoms with Crippen LogP contribution in [0.1, 0.15) is 45.2 Å². The molecule has 6 aromatic rings. The lowest BCUT2D eigenvalue weighted by Crippen LogP contribution is -2.39. The Morgan fingerprint density at radius 3 is 1.91 bits per heavy atom. The van der Waals surface area contributed by atoms with Crippen molar-refractivity contribution < 1.29 is 14.3 Å². The number of fused-ring (bicyclic) bond motifs is 3. The van der Waals surface area contributed by atoms with Crippen LogP contribution in [0.4, 0.5) is 0 Å². The van der Waals surface area contributed by atoms with Gasteiger partial charge in [0.05, 0.1) is 25.1 Å². The molecule has 0 saturated heterocycles. The van der Waals surface area contributed by atoms with Crippen LogP contribution in [-0.2, 0) is 23.1 Å². The number of esters is 1. The Labute approximate surface area is 262 Å². The van der Waals surface area contributed by atoms with Crippen molar-refractivity contribution in [2.75, 3.05) is 13.7 Å². The second kappa shape index (κ2) is 11.8. The zero-order valence-electron chi connectivity index (χ0n) is 25.2. The fourth-order valence-corrected chi connectivity index (χ4v) is 6.38. The molecule has 7 heteroatoms. The van der Waals surface area contributed by atoms with Crippen LogP contribution in [-0.4, -0.2) is 39.4 Å². The second-order valence-electron chi connectivity index (χ2n) is 10.9. The smallest absolute Gasteiger partial charge is 0.359 e. The number of carbonyl (C=O) groups excluding carboxylic acids is 1. The summed E-state index contributed by atoms with van der Waals surface area (Å²) in [7, 11) is 1.65. The number of nitrogens with zero attached hydrogens (tertiary/aromatic N) is 4. The van der Waals surface area contributed by atoms with Gasteiger partial charge in [0.2, 0.25) is 0 Å². The molecule has 2 heterocycles. The normalized spacial score (nSPS) is 12.2. The number of carbonyl (C=O) groups is 1. The van der Waals surface area contributed by atoms with E-state index in [4.69, 9.17) is 24.5 Å². The lowest BCUT2D eigenvalue weighted by molar-refractivity contribution is 0.0516. The molecule has 0 bridgehead atoms. The van der Waals surface area contributed by atoms with E-state index in [0.717, 1.165) is 50.5 Å². The molecule has 4 aromatic carbocycles. The maximum absolute atomic E-state index is 13.6. The van der Waals surface area contributed by atoms with Crippen molar-refractivity contribution in [3.05, 3.63) is 155 Å². The van der Waals surface area contributed by atoms with Crippen molar-refractivity contribution in [2.45, 2.75) is 25.3 Å². The molecule has 0 saturated carbocycles. The molecule has 7 rings (SSSR count). The van der Waals surface area contributed by atoms with Crippen LogP contribution < -0.4 is 4.74 Å². The number of benzene rings is 4. The van der Waals surface area contributed by atoms with Crippen molar-refractivity contribution in [1.29, 1.82) is 0 Å². The summed E-state index contributed by atoms with van der Waals surface area (Å²) in [6, 6.07) is 38.7. The number of hydrogen-bond donors (Lipinski definition) is 0. The molecule has 1 aliphatic rings. The Morgan fingerprint density at radius 2 is 1.38 bits per heavy atom. The summed E-state index contributed by atoms with van der Waals surface area (Å²) in [5.41, 5.74) is 6.60. The minimum atomic E-state index is -0.946. The Bertz CT molecular complexity index is 1860. The highest BCUT2D eigenvalue weighted by atomic mass is 16.5. The second-order valence-corrected chi connectivity index (χ2v) is 10.9. The zero-order chi connectivity index (χ0) is 30.8. The number of rotatable bonds is 8. The topological polar surface area (TPSA) is 79.1 Å². The summed E-state index contributed by atoms with van der Waals surface area (Å²) in [6.07, 6.45) is 3.19. The van der Waals surface area contributed by atoms with E-state index in [0.29, 0.717) is 24.4 Å². The van der Waals surface area contributed by atoms with Gasteiger partial charge in [-0.1, -0.05) is 91.0 Å². The highest BCUT2D eigenvalue weighted by Crippen LogP contribution is 2.46. The van der Waals surface area contributed by atoms with Gasteiger partial charge in [-0.25, -0.2) is 19.4 Å². The lowest BCUT2D eigenvalue weighted by Gasteiger charge is -2.38. The summed E-state index contributed by atoms with van der Waals surface area (Å²) in [4.78, 5) is 23.5. The van der Waals surface area contributed by atoms with Gasteiger partial charge in [-0.05, 0) is 66.3 Å². The highest BCUT2D eigenvalue weighted by molar-refractivity contribution is 5.92. The monoisotopic (exact) mass is 592 g/mol. The van der Waals surface area contributed by atoms with Gasteiger partial charge in [0.1, 0.15) is 11.3 Å². The van der Waals surface area contributed by atoms with Gasteiger partial charge < -0.3 is 9.47 Å². The molecule has 0 fully saturated rings. The van der Waals surface area contributed by atoms with Crippen LogP contribution in [0.2, 0.25) is 0 Å². The number of hydrogen-bond acceptors (Lipinski definition) is 6. The van der Waals surface area contributed by atoms with Crippen molar-refractivity contribution in [3.63, 3.8) is 0 Å². The molecule has 0 N–H and O–H groups in total. The molecule has 0 aliphatic heterocycles. The molecule has 0 amide bonds. The molecule has 0 radical (unpaired) electrons. The SMILES string of the molecule is CCOC(=O)c1nn(C(c2ccccc2)(c2ccccc2)c2ccccc2)c2c1CCc1cnc(-c3ccc(OC)cc3)nc1-2. The predicted molar refractivity (Wildman–Crippen MR) is 173 cm³/mol. The average molecular weight is 593 g/mol. The third-order valence-electron chi connectivity index (χ3n) is 8.43. The number of methoxy groups -OCH3 is 1. The predicted octanol–water partition coefficient (Wildman–Crippen LogP) is 7.13.